The third-order valence-electron chi connectivity index (χ3n) is 2.13. The zero-order chi connectivity index (χ0) is 11.6. The quantitative estimate of drug-likeness (QED) is 0.744. The number of halogens is 1. The Labute approximate surface area is 105 Å². The second-order valence-corrected chi connectivity index (χ2v) is 4.23. The summed E-state index contributed by atoms with van der Waals surface area (Å²) >= 11 is 3.51. The minimum atomic E-state index is 0.657. The molecular formula is C12H18BrNO2. The zero-order valence-electron chi connectivity index (χ0n) is 9.54. The van der Waals surface area contributed by atoms with Gasteiger partial charge < -0.3 is 14.8 Å². The summed E-state index contributed by atoms with van der Waals surface area (Å²) < 4.78 is 11.4. The van der Waals surface area contributed by atoms with Gasteiger partial charge in [-0.2, -0.15) is 0 Å². The van der Waals surface area contributed by atoms with Gasteiger partial charge in [-0.1, -0.05) is 34.1 Å². The first kappa shape index (κ1) is 13.6. The van der Waals surface area contributed by atoms with E-state index in [0.29, 0.717) is 19.8 Å². The number of nitrogens with one attached hydrogen (secondary N) is 1. The molecule has 1 aromatic carbocycles. The minimum absolute atomic E-state index is 0.657. The van der Waals surface area contributed by atoms with Crippen LogP contribution in [0.15, 0.2) is 28.7 Å². The maximum atomic E-state index is 5.34. The maximum Gasteiger partial charge on any atom is 0.0700 e. The van der Waals surface area contributed by atoms with Crippen molar-refractivity contribution in [1.82, 2.24) is 5.32 Å². The molecular weight excluding hydrogens is 270 g/mol. The normalized spacial score (nSPS) is 10.6. The van der Waals surface area contributed by atoms with Crippen molar-refractivity contribution in [1.29, 1.82) is 0 Å². The highest BCUT2D eigenvalue weighted by Gasteiger charge is 1.96. The summed E-state index contributed by atoms with van der Waals surface area (Å²) in [5.41, 5.74) is 1.26. The van der Waals surface area contributed by atoms with E-state index in [4.69, 9.17) is 9.47 Å². The molecule has 0 aliphatic rings. The molecule has 0 aromatic heterocycles. The molecule has 0 heterocycles. The predicted octanol–water partition coefficient (Wildman–Crippen LogP) is 2.20. The van der Waals surface area contributed by atoms with Crippen molar-refractivity contribution < 1.29 is 9.47 Å². The van der Waals surface area contributed by atoms with Gasteiger partial charge in [0, 0.05) is 24.7 Å². The average Bonchev–Trinajstić information content (AvgIpc) is 2.30. The van der Waals surface area contributed by atoms with E-state index in [-0.39, 0.29) is 0 Å². The third-order valence-corrected chi connectivity index (χ3v) is 2.90. The van der Waals surface area contributed by atoms with Crippen LogP contribution in [0.1, 0.15) is 5.56 Å². The van der Waals surface area contributed by atoms with Gasteiger partial charge in [-0.05, 0) is 11.6 Å². The highest BCUT2D eigenvalue weighted by atomic mass is 79.9. The highest BCUT2D eigenvalue weighted by molar-refractivity contribution is 9.10. The van der Waals surface area contributed by atoms with Crippen molar-refractivity contribution in [2.24, 2.45) is 0 Å². The van der Waals surface area contributed by atoms with E-state index in [2.05, 4.69) is 27.3 Å². The van der Waals surface area contributed by atoms with E-state index in [1.165, 1.54) is 5.56 Å². The molecule has 0 saturated carbocycles. The molecule has 0 atom stereocenters. The SMILES string of the molecule is COCCOCCNCc1ccccc1Br. The van der Waals surface area contributed by atoms with Gasteiger partial charge in [-0.25, -0.2) is 0 Å². The number of hydrogen-bond donors (Lipinski definition) is 1. The number of hydrogen-bond acceptors (Lipinski definition) is 3. The van der Waals surface area contributed by atoms with Crippen molar-refractivity contribution in [2.45, 2.75) is 6.54 Å². The van der Waals surface area contributed by atoms with Crippen LogP contribution in [0.4, 0.5) is 0 Å². The first-order chi connectivity index (χ1) is 7.84. The van der Waals surface area contributed by atoms with Crippen LogP contribution in [0.5, 0.6) is 0 Å². The van der Waals surface area contributed by atoms with E-state index in [0.717, 1.165) is 17.6 Å². The molecule has 0 amide bonds. The topological polar surface area (TPSA) is 30.5 Å². The predicted molar refractivity (Wildman–Crippen MR) is 68.5 cm³/mol. The molecule has 0 spiro atoms. The van der Waals surface area contributed by atoms with Crippen molar-refractivity contribution >= 4 is 15.9 Å². The second-order valence-electron chi connectivity index (χ2n) is 3.37. The number of methoxy groups -OCH3 is 1. The Morgan fingerprint density at radius 1 is 1.19 bits per heavy atom. The van der Waals surface area contributed by atoms with Gasteiger partial charge in [0.15, 0.2) is 0 Å². The Morgan fingerprint density at radius 3 is 2.75 bits per heavy atom. The summed E-state index contributed by atoms with van der Waals surface area (Å²) in [5.74, 6) is 0. The molecule has 0 radical (unpaired) electrons. The van der Waals surface area contributed by atoms with Crippen LogP contribution < -0.4 is 5.32 Å². The fourth-order valence-corrected chi connectivity index (χ4v) is 1.68. The summed E-state index contributed by atoms with van der Waals surface area (Å²) in [5, 5.41) is 3.32. The van der Waals surface area contributed by atoms with Gasteiger partial charge >= 0.3 is 0 Å². The lowest BCUT2D eigenvalue weighted by molar-refractivity contribution is 0.0719. The Morgan fingerprint density at radius 2 is 2.00 bits per heavy atom. The number of benzene rings is 1. The Bertz CT molecular complexity index is 294. The van der Waals surface area contributed by atoms with Crippen molar-refractivity contribution in [3.63, 3.8) is 0 Å². The molecule has 0 aliphatic heterocycles. The first-order valence-corrected chi connectivity index (χ1v) is 6.14. The van der Waals surface area contributed by atoms with Crippen LogP contribution in [0.2, 0.25) is 0 Å². The molecule has 1 rings (SSSR count). The fraction of sp³-hybridized carbons (Fsp3) is 0.500. The largest absolute Gasteiger partial charge is 0.382 e. The maximum absolute atomic E-state index is 5.34. The van der Waals surface area contributed by atoms with Crippen LogP contribution in [0, 0.1) is 0 Å². The monoisotopic (exact) mass is 287 g/mol. The molecule has 0 fully saturated rings. The molecule has 1 aromatic rings. The lowest BCUT2D eigenvalue weighted by atomic mass is 10.2. The molecule has 90 valence electrons. The van der Waals surface area contributed by atoms with E-state index in [1.807, 2.05) is 18.2 Å². The van der Waals surface area contributed by atoms with Crippen molar-refractivity contribution in [3.8, 4) is 0 Å². The van der Waals surface area contributed by atoms with Gasteiger partial charge in [0.1, 0.15) is 0 Å². The fourth-order valence-electron chi connectivity index (χ4n) is 1.25. The highest BCUT2D eigenvalue weighted by Crippen LogP contribution is 2.14. The Balaban J connectivity index is 2.05. The zero-order valence-corrected chi connectivity index (χ0v) is 11.1. The van der Waals surface area contributed by atoms with E-state index in [9.17, 15) is 0 Å². The molecule has 0 saturated heterocycles. The van der Waals surface area contributed by atoms with Crippen LogP contribution >= 0.6 is 15.9 Å². The Kier molecular flexibility index (Phi) is 7.42. The lowest BCUT2D eigenvalue weighted by Gasteiger charge is -2.07. The van der Waals surface area contributed by atoms with Gasteiger partial charge in [0.25, 0.3) is 0 Å². The van der Waals surface area contributed by atoms with Crippen LogP contribution in [0.25, 0.3) is 0 Å². The lowest BCUT2D eigenvalue weighted by Crippen LogP contribution is -2.20. The summed E-state index contributed by atoms with van der Waals surface area (Å²) in [6.45, 7) is 3.74. The standard InChI is InChI=1S/C12H18BrNO2/c1-15-8-9-16-7-6-14-10-11-4-2-3-5-12(11)13/h2-5,14H,6-10H2,1H3. The number of rotatable bonds is 8. The Hall–Kier alpha value is -0.420. The molecule has 1 N–H and O–H groups in total. The van der Waals surface area contributed by atoms with Gasteiger partial charge in [0.05, 0.1) is 19.8 Å². The smallest absolute Gasteiger partial charge is 0.0700 e. The van der Waals surface area contributed by atoms with Gasteiger partial charge in [0.2, 0.25) is 0 Å². The van der Waals surface area contributed by atoms with Crippen LogP contribution in [-0.4, -0.2) is 33.5 Å². The van der Waals surface area contributed by atoms with Crippen LogP contribution in [-0.2, 0) is 16.0 Å². The molecule has 0 aliphatic carbocycles. The summed E-state index contributed by atoms with van der Waals surface area (Å²) in [6, 6.07) is 8.20. The third kappa shape index (κ3) is 5.61. The first-order valence-electron chi connectivity index (χ1n) is 5.35. The van der Waals surface area contributed by atoms with Crippen LogP contribution in [0.3, 0.4) is 0 Å². The molecule has 0 bridgehead atoms. The van der Waals surface area contributed by atoms with Crippen molar-refractivity contribution in [3.05, 3.63) is 34.3 Å². The molecule has 3 nitrogen and oxygen atoms in total. The summed E-state index contributed by atoms with van der Waals surface area (Å²) in [7, 11) is 1.68. The molecule has 0 unspecified atom stereocenters. The minimum Gasteiger partial charge on any atom is -0.382 e. The second kappa shape index (κ2) is 8.70. The van der Waals surface area contributed by atoms with E-state index < -0.39 is 0 Å². The van der Waals surface area contributed by atoms with E-state index in [1.54, 1.807) is 7.11 Å². The summed E-state index contributed by atoms with van der Waals surface area (Å²) in [4.78, 5) is 0. The van der Waals surface area contributed by atoms with Gasteiger partial charge in [-0.3, -0.25) is 0 Å². The molecule has 4 heteroatoms. The average molecular weight is 288 g/mol. The number of ether oxygens (including phenoxy) is 2. The van der Waals surface area contributed by atoms with Crippen molar-refractivity contribution in [2.75, 3.05) is 33.5 Å². The summed E-state index contributed by atoms with van der Waals surface area (Å²) in [6.07, 6.45) is 0. The van der Waals surface area contributed by atoms with Gasteiger partial charge in [-0.15, -0.1) is 0 Å². The molecule has 16 heavy (non-hydrogen) atoms. The van der Waals surface area contributed by atoms with E-state index >= 15 is 0 Å².